The van der Waals surface area contributed by atoms with E-state index < -0.39 is 23.9 Å². The number of nitrogens with zero attached hydrogens (tertiary/aromatic N) is 2. The summed E-state index contributed by atoms with van der Waals surface area (Å²) >= 11 is 0. The Kier molecular flexibility index (Phi) is 5.23. The smallest absolute Gasteiger partial charge is 0.290 e. The van der Waals surface area contributed by atoms with Gasteiger partial charge >= 0.3 is 0 Å². The predicted octanol–water partition coefficient (Wildman–Crippen LogP) is 4.12. The highest BCUT2D eigenvalue weighted by Crippen LogP contribution is 2.32. The summed E-state index contributed by atoms with van der Waals surface area (Å²) in [5.41, 5.74) is 2.41. The molecular formula is C24H22N2O4. The summed E-state index contributed by atoms with van der Waals surface area (Å²) in [5.74, 6) is -1.03. The second-order valence-corrected chi connectivity index (χ2v) is 7.40. The first-order valence-corrected chi connectivity index (χ1v) is 9.82. The zero-order chi connectivity index (χ0) is 21.3. The van der Waals surface area contributed by atoms with Gasteiger partial charge in [0.25, 0.3) is 11.8 Å². The van der Waals surface area contributed by atoms with Crippen molar-refractivity contribution in [1.82, 2.24) is 4.90 Å². The van der Waals surface area contributed by atoms with Crippen LogP contribution in [0.5, 0.6) is 0 Å². The van der Waals surface area contributed by atoms with Gasteiger partial charge in [0.2, 0.25) is 5.91 Å². The van der Waals surface area contributed by atoms with E-state index >= 15 is 0 Å². The second-order valence-electron chi connectivity index (χ2n) is 7.40. The minimum atomic E-state index is -0.911. The van der Waals surface area contributed by atoms with Crippen LogP contribution in [-0.4, -0.2) is 28.7 Å². The Hall–Kier alpha value is -3.67. The zero-order valence-corrected chi connectivity index (χ0v) is 16.8. The average molecular weight is 402 g/mol. The first-order valence-electron chi connectivity index (χ1n) is 9.82. The van der Waals surface area contributed by atoms with Crippen molar-refractivity contribution < 1.29 is 18.8 Å². The number of hydrogen-bond acceptors (Lipinski definition) is 4. The Balaban J connectivity index is 1.71. The molecule has 30 heavy (non-hydrogen) atoms. The van der Waals surface area contributed by atoms with Gasteiger partial charge in [-0.15, -0.1) is 0 Å². The molecule has 1 fully saturated rings. The van der Waals surface area contributed by atoms with Gasteiger partial charge in [-0.3, -0.25) is 14.4 Å². The molecule has 1 aromatic heterocycles. The molecule has 1 aliphatic rings. The molecule has 2 unspecified atom stereocenters. The van der Waals surface area contributed by atoms with Crippen molar-refractivity contribution in [1.29, 1.82) is 0 Å². The maximum absolute atomic E-state index is 13.3. The lowest BCUT2D eigenvalue weighted by molar-refractivity contribution is -0.123. The van der Waals surface area contributed by atoms with E-state index in [0.29, 0.717) is 5.69 Å². The average Bonchev–Trinajstić information content (AvgIpc) is 3.39. The lowest BCUT2D eigenvalue weighted by atomic mass is 10.0. The summed E-state index contributed by atoms with van der Waals surface area (Å²) in [5, 5.41) is 0. The molecule has 4 rings (SSSR count). The van der Waals surface area contributed by atoms with E-state index in [9.17, 15) is 14.4 Å². The van der Waals surface area contributed by atoms with Crippen LogP contribution in [0.3, 0.4) is 0 Å². The summed E-state index contributed by atoms with van der Waals surface area (Å²) in [6.45, 7) is 3.79. The Bertz CT molecular complexity index is 1060. The van der Waals surface area contributed by atoms with Gasteiger partial charge in [-0.25, -0.2) is 4.90 Å². The van der Waals surface area contributed by atoms with Crippen molar-refractivity contribution in [2.45, 2.75) is 32.4 Å². The molecule has 0 aliphatic carbocycles. The topological polar surface area (TPSA) is 70.8 Å². The first kappa shape index (κ1) is 19.6. The molecule has 3 aromatic rings. The fourth-order valence-corrected chi connectivity index (χ4v) is 3.81. The van der Waals surface area contributed by atoms with Crippen LogP contribution in [0.4, 0.5) is 5.69 Å². The second kappa shape index (κ2) is 7.99. The van der Waals surface area contributed by atoms with Crippen LogP contribution in [0, 0.1) is 6.92 Å². The van der Waals surface area contributed by atoms with Crippen molar-refractivity contribution >= 4 is 23.4 Å². The molecule has 2 heterocycles. The highest BCUT2D eigenvalue weighted by atomic mass is 16.3. The fourth-order valence-electron chi connectivity index (χ4n) is 3.81. The fraction of sp³-hybridized carbons (Fsp3) is 0.208. The van der Waals surface area contributed by atoms with Crippen LogP contribution in [0.15, 0.2) is 77.4 Å². The number of aryl methyl sites for hydroxylation is 1. The minimum absolute atomic E-state index is 0.0731. The Morgan fingerprint density at radius 3 is 2.37 bits per heavy atom. The van der Waals surface area contributed by atoms with Gasteiger partial charge in [0.05, 0.1) is 24.4 Å². The number of carbonyl (C=O) groups is 3. The molecule has 0 saturated carbocycles. The lowest BCUT2D eigenvalue weighted by Gasteiger charge is -2.33. The molecule has 0 N–H and O–H groups in total. The van der Waals surface area contributed by atoms with Gasteiger partial charge in [0.15, 0.2) is 5.76 Å². The largest absolute Gasteiger partial charge is 0.459 e. The van der Waals surface area contributed by atoms with Crippen molar-refractivity contribution in [2.75, 3.05) is 4.90 Å². The quantitative estimate of drug-likeness (QED) is 0.602. The molecule has 3 amide bonds. The van der Waals surface area contributed by atoms with Gasteiger partial charge in [0.1, 0.15) is 6.04 Å². The SMILES string of the molecule is Cc1ccc(N2C(=O)CC(N(C(=O)c3ccco3)C(C)c3ccccc3)C2=O)cc1. The van der Waals surface area contributed by atoms with Crippen molar-refractivity contribution in [2.24, 2.45) is 0 Å². The van der Waals surface area contributed by atoms with Crippen LogP contribution in [0.2, 0.25) is 0 Å². The summed E-state index contributed by atoms with van der Waals surface area (Å²) in [6.07, 6.45) is 1.34. The van der Waals surface area contributed by atoms with Gasteiger partial charge in [-0.05, 0) is 43.7 Å². The molecular weight excluding hydrogens is 380 g/mol. The monoisotopic (exact) mass is 402 g/mol. The molecule has 1 saturated heterocycles. The van der Waals surface area contributed by atoms with E-state index in [1.165, 1.54) is 16.1 Å². The number of carbonyl (C=O) groups excluding carboxylic acids is 3. The van der Waals surface area contributed by atoms with Crippen LogP contribution in [0.25, 0.3) is 0 Å². The van der Waals surface area contributed by atoms with Crippen molar-refractivity contribution in [3.05, 3.63) is 89.9 Å². The summed E-state index contributed by atoms with van der Waals surface area (Å²) < 4.78 is 5.31. The standard InChI is InChI=1S/C24H22N2O4/c1-16-10-12-19(13-11-16)26-22(27)15-20(23(26)28)25(24(29)21-9-6-14-30-21)17(2)18-7-4-3-5-8-18/h3-14,17,20H,15H2,1-2H3. The highest BCUT2D eigenvalue weighted by Gasteiger charge is 2.46. The van der Waals surface area contributed by atoms with Crippen LogP contribution < -0.4 is 4.90 Å². The number of furan rings is 1. The number of anilines is 1. The predicted molar refractivity (Wildman–Crippen MR) is 112 cm³/mol. The summed E-state index contributed by atoms with van der Waals surface area (Å²) in [6, 6.07) is 18.5. The minimum Gasteiger partial charge on any atom is -0.459 e. The zero-order valence-electron chi connectivity index (χ0n) is 16.8. The number of rotatable bonds is 5. The van der Waals surface area contributed by atoms with E-state index in [4.69, 9.17) is 4.42 Å². The number of benzene rings is 2. The molecule has 2 atom stereocenters. The van der Waals surface area contributed by atoms with Crippen molar-refractivity contribution in [3.8, 4) is 0 Å². The molecule has 0 bridgehead atoms. The van der Waals surface area contributed by atoms with E-state index in [-0.39, 0.29) is 18.1 Å². The van der Waals surface area contributed by atoms with E-state index in [1.54, 1.807) is 24.3 Å². The lowest BCUT2D eigenvalue weighted by Crippen LogP contribution is -2.46. The molecule has 2 aromatic carbocycles. The molecule has 1 aliphatic heterocycles. The van der Waals surface area contributed by atoms with Crippen molar-refractivity contribution in [3.63, 3.8) is 0 Å². The summed E-state index contributed by atoms with van der Waals surface area (Å²) in [7, 11) is 0. The number of imide groups is 1. The van der Waals surface area contributed by atoms with Crippen LogP contribution in [-0.2, 0) is 9.59 Å². The van der Waals surface area contributed by atoms with E-state index in [1.807, 2.05) is 56.3 Å². The maximum Gasteiger partial charge on any atom is 0.290 e. The molecule has 6 heteroatoms. The number of hydrogen-bond donors (Lipinski definition) is 0. The third-order valence-corrected chi connectivity index (χ3v) is 5.42. The normalized spacial score (nSPS) is 17.3. The van der Waals surface area contributed by atoms with Crippen LogP contribution >= 0.6 is 0 Å². The highest BCUT2D eigenvalue weighted by molar-refractivity contribution is 6.23. The van der Waals surface area contributed by atoms with Gasteiger partial charge < -0.3 is 9.32 Å². The molecule has 0 radical (unpaired) electrons. The molecule has 6 nitrogen and oxygen atoms in total. The number of amides is 3. The maximum atomic E-state index is 13.3. The molecule has 0 spiro atoms. The Morgan fingerprint density at radius 1 is 1.03 bits per heavy atom. The summed E-state index contributed by atoms with van der Waals surface area (Å²) in [4.78, 5) is 42.1. The van der Waals surface area contributed by atoms with Gasteiger partial charge in [-0.1, -0.05) is 48.0 Å². The third-order valence-electron chi connectivity index (χ3n) is 5.42. The van der Waals surface area contributed by atoms with Gasteiger partial charge in [0, 0.05) is 0 Å². The van der Waals surface area contributed by atoms with Crippen LogP contribution in [0.1, 0.15) is 41.1 Å². The Labute approximate surface area is 174 Å². The Morgan fingerprint density at radius 2 is 1.73 bits per heavy atom. The van der Waals surface area contributed by atoms with Gasteiger partial charge in [-0.2, -0.15) is 0 Å². The third kappa shape index (κ3) is 3.52. The molecule has 152 valence electrons. The first-order chi connectivity index (χ1) is 14.5. The van der Waals surface area contributed by atoms with E-state index in [0.717, 1.165) is 11.1 Å². The van der Waals surface area contributed by atoms with E-state index in [2.05, 4.69) is 0 Å².